The van der Waals surface area contributed by atoms with E-state index in [1.165, 1.54) is 29.5 Å². The zero-order valence-corrected chi connectivity index (χ0v) is 14.3. The van der Waals surface area contributed by atoms with Gasteiger partial charge in [0.1, 0.15) is 0 Å². The molecule has 1 aromatic carbocycles. The lowest BCUT2D eigenvalue weighted by atomic mass is 9.71. The Morgan fingerprint density at radius 1 is 1.19 bits per heavy atom. The summed E-state index contributed by atoms with van der Waals surface area (Å²) in [7, 11) is 0. The second-order valence-corrected chi connectivity index (χ2v) is 7.90. The highest BCUT2D eigenvalue weighted by Gasteiger charge is 2.32. The minimum Gasteiger partial charge on any atom is -0.376 e. The Hall–Kier alpha value is -0.860. The van der Waals surface area contributed by atoms with E-state index in [2.05, 4.69) is 52.8 Å². The lowest BCUT2D eigenvalue weighted by Gasteiger charge is -2.39. The van der Waals surface area contributed by atoms with Crippen LogP contribution in [0.3, 0.4) is 0 Å². The number of nitrogens with two attached hydrogens (primary N) is 1. The van der Waals surface area contributed by atoms with Crippen molar-refractivity contribution < 1.29 is 4.74 Å². The van der Waals surface area contributed by atoms with Gasteiger partial charge >= 0.3 is 0 Å². The van der Waals surface area contributed by atoms with Crippen molar-refractivity contribution in [3.63, 3.8) is 0 Å². The molecule has 0 radical (unpaired) electrons. The molecule has 3 atom stereocenters. The van der Waals surface area contributed by atoms with Crippen LogP contribution in [0, 0.1) is 25.2 Å². The Labute approximate surface area is 130 Å². The van der Waals surface area contributed by atoms with Gasteiger partial charge in [0.25, 0.3) is 0 Å². The molecule has 2 heteroatoms. The maximum atomic E-state index is 6.33. The van der Waals surface area contributed by atoms with Crippen molar-refractivity contribution in [3.8, 4) is 0 Å². The van der Waals surface area contributed by atoms with Gasteiger partial charge in [-0.05, 0) is 50.0 Å². The zero-order valence-electron chi connectivity index (χ0n) is 14.3. The fraction of sp³-hybridized carbons (Fsp3) is 0.684. The molecule has 0 bridgehead atoms. The van der Waals surface area contributed by atoms with Gasteiger partial charge in [0.05, 0.1) is 18.8 Å². The highest BCUT2D eigenvalue weighted by atomic mass is 16.5. The molecule has 2 nitrogen and oxygen atoms in total. The van der Waals surface area contributed by atoms with Crippen LogP contribution in [0.1, 0.15) is 62.8 Å². The van der Waals surface area contributed by atoms with Crippen LogP contribution in [0.25, 0.3) is 0 Å². The van der Waals surface area contributed by atoms with Crippen LogP contribution in [-0.2, 0) is 4.74 Å². The minimum absolute atomic E-state index is 0.0241. The summed E-state index contributed by atoms with van der Waals surface area (Å²) < 4.78 is 6.16. The van der Waals surface area contributed by atoms with Crippen molar-refractivity contribution in [1.82, 2.24) is 0 Å². The van der Waals surface area contributed by atoms with Crippen molar-refractivity contribution in [2.45, 2.75) is 66.0 Å². The average molecular weight is 289 g/mol. The fourth-order valence-corrected chi connectivity index (χ4v) is 3.95. The Balaban J connectivity index is 1.93. The van der Waals surface area contributed by atoms with Gasteiger partial charge in [-0.3, -0.25) is 0 Å². The van der Waals surface area contributed by atoms with E-state index in [1.54, 1.807) is 0 Å². The van der Waals surface area contributed by atoms with E-state index in [0.717, 1.165) is 12.3 Å². The molecular weight excluding hydrogens is 258 g/mol. The first-order chi connectivity index (χ1) is 9.75. The molecule has 0 aliphatic heterocycles. The lowest BCUT2D eigenvalue weighted by molar-refractivity contribution is -0.0278. The van der Waals surface area contributed by atoms with Crippen LogP contribution < -0.4 is 5.73 Å². The summed E-state index contributed by atoms with van der Waals surface area (Å²) in [5.41, 5.74) is 10.5. The Morgan fingerprint density at radius 2 is 1.81 bits per heavy atom. The van der Waals surface area contributed by atoms with Gasteiger partial charge in [-0.15, -0.1) is 0 Å². The average Bonchev–Trinajstić information content (AvgIpc) is 2.32. The van der Waals surface area contributed by atoms with Crippen LogP contribution in [0.4, 0.5) is 0 Å². The molecule has 118 valence electrons. The van der Waals surface area contributed by atoms with E-state index >= 15 is 0 Å². The number of hydrogen-bond donors (Lipinski definition) is 1. The molecule has 0 aromatic heterocycles. The molecular formula is C19H31NO. The highest BCUT2D eigenvalue weighted by molar-refractivity contribution is 5.30. The molecule has 2 N–H and O–H groups in total. The number of rotatable bonds is 4. The van der Waals surface area contributed by atoms with Gasteiger partial charge in [0, 0.05) is 0 Å². The normalized spacial score (nSPS) is 26.6. The summed E-state index contributed by atoms with van der Waals surface area (Å²) in [6, 6.07) is 6.51. The molecule has 1 fully saturated rings. The highest BCUT2D eigenvalue weighted by Crippen LogP contribution is 2.39. The van der Waals surface area contributed by atoms with Gasteiger partial charge < -0.3 is 10.5 Å². The maximum absolute atomic E-state index is 6.33. The third-order valence-electron chi connectivity index (χ3n) is 4.53. The van der Waals surface area contributed by atoms with E-state index in [-0.39, 0.29) is 6.04 Å². The van der Waals surface area contributed by atoms with Crippen molar-refractivity contribution in [3.05, 3.63) is 34.9 Å². The fourth-order valence-electron chi connectivity index (χ4n) is 3.95. The van der Waals surface area contributed by atoms with Crippen LogP contribution in [0.5, 0.6) is 0 Å². The second-order valence-electron chi connectivity index (χ2n) is 7.90. The maximum Gasteiger partial charge on any atom is 0.0663 e. The van der Waals surface area contributed by atoms with Crippen LogP contribution in [-0.4, -0.2) is 12.7 Å². The Bertz CT molecular complexity index is 460. The van der Waals surface area contributed by atoms with Gasteiger partial charge in [-0.2, -0.15) is 0 Å². The molecule has 1 aromatic rings. The summed E-state index contributed by atoms with van der Waals surface area (Å²) in [4.78, 5) is 0. The molecule has 0 amide bonds. The van der Waals surface area contributed by atoms with E-state index in [4.69, 9.17) is 10.5 Å². The Kier molecular flexibility index (Phi) is 5.11. The first-order valence-corrected chi connectivity index (χ1v) is 8.20. The van der Waals surface area contributed by atoms with E-state index in [0.29, 0.717) is 18.1 Å². The van der Waals surface area contributed by atoms with E-state index in [9.17, 15) is 0 Å². The summed E-state index contributed by atoms with van der Waals surface area (Å²) in [5, 5.41) is 0. The number of ether oxygens (including phenoxy) is 1. The summed E-state index contributed by atoms with van der Waals surface area (Å²) in [6.45, 7) is 11.9. The first kappa shape index (κ1) is 16.5. The number of aryl methyl sites for hydroxylation is 2. The smallest absolute Gasteiger partial charge is 0.0663 e. The van der Waals surface area contributed by atoms with Crippen molar-refractivity contribution in [2.75, 3.05) is 6.61 Å². The van der Waals surface area contributed by atoms with Gasteiger partial charge in [0.15, 0.2) is 0 Å². The van der Waals surface area contributed by atoms with Crippen molar-refractivity contribution in [2.24, 2.45) is 17.1 Å². The molecule has 2 rings (SSSR count). The van der Waals surface area contributed by atoms with Crippen molar-refractivity contribution >= 4 is 0 Å². The van der Waals surface area contributed by atoms with Crippen LogP contribution in [0.2, 0.25) is 0 Å². The Morgan fingerprint density at radius 3 is 2.38 bits per heavy atom. The summed E-state index contributed by atoms with van der Waals surface area (Å²) in [5.74, 6) is 0.746. The molecule has 0 saturated heterocycles. The molecule has 3 unspecified atom stereocenters. The van der Waals surface area contributed by atoms with Gasteiger partial charge in [-0.1, -0.05) is 50.1 Å². The SMILES string of the molecule is Cc1cc(C)cc(C(N)COC2CC(C)CC(C)(C)C2)c1. The standard InChI is InChI=1S/C19H31NO/c1-13-6-14(2)8-16(7-13)18(20)12-21-17-9-15(3)10-19(4,5)11-17/h6-8,15,17-18H,9-12,20H2,1-5H3. The quantitative estimate of drug-likeness (QED) is 0.883. The van der Waals surface area contributed by atoms with E-state index in [1.807, 2.05) is 0 Å². The second kappa shape index (κ2) is 6.50. The summed E-state index contributed by atoms with van der Waals surface area (Å²) in [6.07, 6.45) is 3.98. The monoisotopic (exact) mass is 289 g/mol. The van der Waals surface area contributed by atoms with Crippen LogP contribution in [0.15, 0.2) is 18.2 Å². The van der Waals surface area contributed by atoms with Crippen LogP contribution >= 0.6 is 0 Å². The third kappa shape index (κ3) is 4.82. The molecule has 1 saturated carbocycles. The van der Waals surface area contributed by atoms with E-state index < -0.39 is 0 Å². The molecule has 0 spiro atoms. The lowest BCUT2D eigenvalue weighted by Crippen LogP contribution is -2.34. The predicted octanol–water partition coefficient (Wildman–Crippen LogP) is 4.53. The third-order valence-corrected chi connectivity index (χ3v) is 4.53. The van der Waals surface area contributed by atoms with Crippen molar-refractivity contribution in [1.29, 1.82) is 0 Å². The molecule has 21 heavy (non-hydrogen) atoms. The topological polar surface area (TPSA) is 35.2 Å². The zero-order chi connectivity index (χ0) is 15.6. The number of benzene rings is 1. The molecule has 0 heterocycles. The van der Waals surface area contributed by atoms with Gasteiger partial charge in [-0.25, -0.2) is 0 Å². The number of hydrogen-bond acceptors (Lipinski definition) is 2. The molecule has 1 aliphatic carbocycles. The van der Waals surface area contributed by atoms with Gasteiger partial charge in [0.2, 0.25) is 0 Å². The largest absolute Gasteiger partial charge is 0.376 e. The minimum atomic E-state index is -0.0241. The predicted molar refractivity (Wildman–Crippen MR) is 89.4 cm³/mol. The summed E-state index contributed by atoms with van der Waals surface area (Å²) >= 11 is 0. The first-order valence-electron chi connectivity index (χ1n) is 8.20. The molecule has 1 aliphatic rings.